The van der Waals surface area contributed by atoms with Crippen LogP contribution in [-0.4, -0.2) is 39.9 Å². The summed E-state index contributed by atoms with van der Waals surface area (Å²) in [7, 11) is 0. The Balaban J connectivity index is -0.000000176. The van der Waals surface area contributed by atoms with Crippen molar-refractivity contribution in [3.8, 4) is 0 Å². The maximum Gasteiger partial charge on any atom is 2.00 e. The molecule has 0 bridgehead atoms. The zero-order valence-corrected chi connectivity index (χ0v) is 18.0. The Morgan fingerprint density at radius 3 is 1.29 bits per heavy atom. The van der Waals surface area contributed by atoms with Crippen LogP contribution < -0.4 is 47.4 Å². The zero-order valence-electron chi connectivity index (χ0n) is 14.7. The second kappa shape index (κ2) is 18.7. The van der Waals surface area contributed by atoms with Gasteiger partial charge in [-0.25, -0.2) is 9.97 Å². The van der Waals surface area contributed by atoms with Gasteiger partial charge in [0.25, 0.3) is 11.1 Å². The molecule has 0 amide bonds. The summed E-state index contributed by atoms with van der Waals surface area (Å²) in [6, 6.07) is 0. The third kappa shape index (κ3) is 9.85. The number of hydrogen-bond acceptors (Lipinski definition) is 8. The van der Waals surface area contributed by atoms with Gasteiger partial charge in [-0.15, -0.1) is 0 Å². The van der Waals surface area contributed by atoms with E-state index >= 15 is 0 Å². The zero-order chi connectivity index (χ0) is 21.7. The van der Waals surface area contributed by atoms with Crippen molar-refractivity contribution in [2.75, 3.05) is 11.5 Å². The molecule has 8 N–H and O–H groups in total. The van der Waals surface area contributed by atoms with Crippen molar-refractivity contribution in [2.24, 2.45) is 0 Å². The number of aromatic amines is 4. The molecule has 0 fully saturated rings. The topological polar surface area (TPSA) is 261 Å². The number of nitrogens with zero attached hydrogens (tertiary/aromatic N) is 4. The number of aromatic nitrogens is 8. The summed E-state index contributed by atoms with van der Waals surface area (Å²) < 4.78 is 22.5. The monoisotopic (exact) mass is 558 g/mol. The molecule has 0 atom stereocenters. The van der Waals surface area contributed by atoms with Gasteiger partial charge in [-0.3, -0.25) is 19.6 Å². The summed E-state index contributed by atoms with van der Waals surface area (Å²) in [5, 5.41) is 0. The molecule has 0 saturated carbocycles. The van der Waals surface area contributed by atoms with Crippen LogP contribution in [0.25, 0.3) is 22.3 Å². The molecule has 4 rings (SSSR count). The Morgan fingerprint density at radius 1 is 0.710 bits per heavy atom. The van der Waals surface area contributed by atoms with Crippen molar-refractivity contribution in [3.63, 3.8) is 0 Å². The van der Waals surface area contributed by atoms with E-state index in [4.69, 9.17) is 25.4 Å². The maximum atomic E-state index is 11.0. The number of hydrogen-bond donors (Lipinski definition) is 6. The first-order valence-corrected chi connectivity index (χ1v) is 6.53. The molecule has 0 aliphatic rings. The Kier molecular flexibility index (Phi) is 21.3. The van der Waals surface area contributed by atoms with E-state index in [2.05, 4.69) is 59.8 Å². The van der Waals surface area contributed by atoms with Gasteiger partial charge in [0.15, 0.2) is 22.3 Å². The molecule has 0 radical (unpaired) electrons. The van der Waals surface area contributed by atoms with Gasteiger partial charge in [-0.2, -0.15) is 9.97 Å². The van der Waals surface area contributed by atoms with Crippen LogP contribution in [0.2, 0.25) is 0 Å². The van der Waals surface area contributed by atoms with Crippen LogP contribution in [0.3, 0.4) is 0 Å². The number of nitrogens with two attached hydrogens (primary N) is 2. The number of fused-ring (bicyclic) bond motifs is 2. The molecular weight excluding hydrogens is 548 g/mol. The van der Waals surface area contributed by atoms with Gasteiger partial charge in [-0.1, -0.05) is 0 Å². The maximum absolute atomic E-state index is 11.0. The van der Waals surface area contributed by atoms with Crippen molar-refractivity contribution in [3.05, 3.63) is 53.3 Å². The van der Waals surface area contributed by atoms with Crippen molar-refractivity contribution in [1.29, 1.82) is 0 Å². The fraction of sp³-hybridized carbons (Fsp3) is 0. The molecular formula is C13H10Cl2N10O5Ru. The number of anilines is 2. The van der Waals surface area contributed by atoms with Crippen LogP contribution >= 0.6 is 0 Å². The molecule has 0 spiro atoms. The van der Waals surface area contributed by atoms with Gasteiger partial charge in [0.2, 0.25) is 11.9 Å². The van der Waals surface area contributed by atoms with Gasteiger partial charge >= 0.3 is 53.4 Å². The largest absolute Gasteiger partial charge is 2.00 e. The van der Waals surface area contributed by atoms with E-state index in [1.165, 1.54) is 12.7 Å². The first-order valence-electron chi connectivity index (χ1n) is 6.53. The summed E-state index contributed by atoms with van der Waals surface area (Å²) in [6.45, 7) is 13.5. The third-order valence-electron chi connectivity index (χ3n) is 2.63. The van der Waals surface area contributed by atoms with Crippen molar-refractivity contribution < 1.29 is 58.2 Å². The minimum Gasteiger partial charge on any atom is -1.00 e. The van der Waals surface area contributed by atoms with Gasteiger partial charge in [0.1, 0.15) is 0 Å². The molecule has 0 aromatic carbocycles. The third-order valence-corrected chi connectivity index (χ3v) is 2.63. The number of H-pyrrole nitrogens is 4. The van der Waals surface area contributed by atoms with E-state index in [0.717, 1.165) is 0 Å². The van der Waals surface area contributed by atoms with Crippen molar-refractivity contribution in [2.45, 2.75) is 0 Å². The molecule has 164 valence electrons. The SMILES string of the molecule is Nc1nc2nc[nH]c2c(=O)[nH]1.Nc1nc2nc[nH]c2c(=O)[nH]1.[C-]#[O+].[C-]#[O+].[C-]#[O+].[Cl-].[Cl-].[Ru+2]. The number of nitrogen functional groups attached to an aromatic ring is 2. The van der Waals surface area contributed by atoms with Crippen LogP contribution in [0.5, 0.6) is 0 Å². The predicted octanol–water partition coefficient (Wildman–Crippen LogP) is -7.65. The Bertz CT molecular complexity index is 1110. The second-order valence-electron chi connectivity index (χ2n) is 4.10. The van der Waals surface area contributed by atoms with Crippen LogP contribution in [0.15, 0.2) is 22.2 Å². The molecule has 4 aromatic heterocycles. The summed E-state index contributed by atoms with van der Waals surface area (Å²) in [5.41, 5.74) is 11.3. The second-order valence-corrected chi connectivity index (χ2v) is 4.10. The molecule has 31 heavy (non-hydrogen) atoms. The summed E-state index contributed by atoms with van der Waals surface area (Å²) in [4.78, 5) is 47.1. The van der Waals surface area contributed by atoms with E-state index < -0.39 is 0 Å². The fourth-order valence-corrected chi connectivity index (χ4v) is 1.72. The number of imidazole rings is 2. The molecule has 0 aliphatic carbocycles. The standard InChI is InChI=1S/2C5H5N5O.3CO.2ClH.Ru/c2*6-5-9-3-2(4(11)10-5)7-1-8-3;3*1-2;;;/h2*1H,(H4,6,7,8,9,10,11);;;;2*1H;/q;;;;;;;+2/p-2. The summed E-state index contributed by atoms with van der Waals surface area (Å²) >= 11 is 0. The van der Waals surface area contributed by atoms with E-state index in [1.807, 2.05) is 0 Å². The molecule has 0 saturated heterocycles. The number of halogens is 2. The minimum atomic E-state index is -0.301. The smallest absolute Gasteiger partial charge is 1.00 e. The molecule has 0 unspecified atom stereocenters. The minimum absolute atomic E-state index is 0. The van der Waals surface area contributed by atoms with Crippen LogP contribution in [0.1, 0.15) is 0 Å². The molecule has 0 aliphatic heterocycles. The molecule has 4 heterocycles. The van der Waals surface area contributed by atoms with Crippen LogP contribution in [0.4, 0.5) is 11.9 Å². The summed E-state index contributed by atoms with van der Waals surface area (Å²) in [6.07, 6.45) is 2.79. The molecule has 18 heteroatoms. The van der Waals surface area contributed by atoms with Crippen molar-refractivity contribution >= 4 is 34.2 Å². The van der Waals surface area contributed by atoms with Crippen LogP contribution in [-0.2, 0) is 33.4 Å². The normalized spacial score (nSPS) is 7.68. The van der Waals surface area contributed by atoms with E-state index in [9.17, 15) is 9.59 Å². The van der Waals surface area contributed by atoms with Crippen LogP contribution in [0, 0.1) is 20.0 Å². The average molecular weight is 558 g/mol. The molecule has 4 aromatic rings. The van der Waals surface area contributed by atoms with Crippen molar-refractivity contribution in [1.82, 2.24) is 39.9 Å². The fourth-order valence-electron chi connectivity index (χ4n) is 1.72. The first-order chi connectivity index (χ1) is 13.5. The first kappa shape index (κ1) is 35.2. The Hall–Kier alpha value is -3.28. The van der Waals surface area contributed by atoms with Gasteiger partial charge < -0.3 is 46.2 Å². The van der Waals surface area contributed by atoms with Gasteiger partial charge in [0, 0.05) is 0 Å². The van der Waals surface area contributed by atoms with E-state index in [-0.39, 0.29) is 67.3 Å². The van der Waals surface area contributed by atoms with E-state index in [1.54, 1.807) is 0 Å². The Morgan fingerprint density at radius 2 is 1.00 bits per heavy atom. The van der Waals surface area contributed by atoms with Gasteiger partial charge in [0.05, 0.1) is 12.7 Å². The number of nitrogens with one attached hydrogen (secondary N) is 4. The predicted molar refractivity (Wildman–Crippen MR) is 89.6 cm³/mol. The Labute approximate surface area is 197 Å². The molecule has 15 nitrogen and oxygen atoms in total. The van der Waals surface area contributed by atoms with Gasteiger partial charge in [-0.05, 0) is 0 Å². The van der Waals surface area contributed by atoms with E-state index in [0.29, 0.717) is 22.3 Å². The quantitative estimate of drug-likeness (QED) is 0.0684. The summed E-state index contributed by atoms with van der Waals surface area (Å²) in [5.74, 6) is 0.157. The average Bonchev–Trinajstić information content (AvgIpc) is 3.36. The number of rotatable bonds is 0.